The Morgan fingerprint density at radius 3 is 2.68 bits per heavy atom. The predicted molar refractivity (Wildman–Crippen MR) is 95.8 cm³/mol. The van der Waals surface area contributed by atoms with Crippen molar-refractivity contribution >= 4 is 11.8 Å². The van der Waals surface area contributed by atoms with Crippen molar-refractivity contribution in [2.45, 2.75) is 50.7 Å². The fourth-order valence-electron chi connectivity index (χ4n) is 4.58. The van der Waals surface area contributed by atoms with E-state index in [1.165, 1.54) is 6.42 Å². The van der Waals surface area contributed by atoms with Crippen molar-refractivity contribution in [3.8, 4) is 0 Å². The van der Waals surface area contributed by atoms with Gasteiger partial charge in [-0.2, -0.15) is 0 Å². The number of benzene rings is 1. The van der Waals surface area contributed by atoms with Gasteiger partial charge in [0.25, 0.3) is 0 Å². The van der Waals surface area contributed by atoms with Gasteiger partial charge in [-0.05, 0) is 31.7 Å². The van der Waals surface area contributed by atoms with Crippen molar-refractivity contribution in [2.24, 2.45) is 5.92 Å². The van der Waals surface area contributed by atoms with Crippen LogP contribution in [0, 0.1) is 5.92 Å². The van der Waals surface area contributed by atoms with E-state index in [4.69, 9.17) is 0 Å². The van der Waals surface area contributed by atoms with Gasteiger partial charge in [-0.25, -0.2) is 0 Å². The molecule has 1 aromatic carbocycles. The van der Waals surface area contributed by atoms with Crippen molar-refractivity contribution in [3.63, 3.8) is 0 Å². The van der Waals surface area contributed by atoms with Gasteiger partial charge in [0.15, 0.2) is 0 Å². The first-order valence-electron chi connectivity index (χ1n) is 9.51. The minimum absolute atomic E-state index is 0.0216. The Bertz CT molecular complexity index is 648. The molecule has 4 unspecified atom stereocenters. The molecule has 3 saturated heterocycles. The Hall–Kier alpha value is -1.88. The van der Waals surface area contributed by atoms with Crippen LogP contribution in [-0.4, -0.2) is 53.3 Å². The summed E-state index contributed by atoms with van der Waals surface area (Å²) in [5.74, 6) is 0.0879. The molecule has 5 heteroatoms. The number of nitrogens with one attached hydrogen (secondary N) is 1. The van der Waals surface area contributed by atoms with Gasteiger partial charge in [0, 0.05) is 38.1 Å². The largest absolute Gasteiger partial charge is 0.341 e. The molecule has 0 spiro atoms. The van der Waals surface area contributed by atoms with Gasteiger partial charge in [-0.1, -0.05) is 30.3 Å². The standard InChI is InChI=1S/C20H27N3O2/c1-14(15-5-3-2-4-6-15)23-12-16(11-19(23)24)20(25)22-10-9-17-7-8-18(13-22)21-17/h2-6,14,16-18,21H,7-13H2,1H3. The van der Waals surface area contributed by atoms with Crippen LogP contribution in [0.5, 0.6) is 0 Å². The molecule has 2 amide bonds. The molecule has 0 aliphatic carbocycles. The maximum atomic E-state index is 13.0. The van der Waals surface area contributed by atoms with E-state index >= 15 is 0 Å². The Morgan fingerprint density at radius 1 is 1.12 bits per heavy atom. The molecule has 2 bridgehead atoms. The first kappa shape index (κ1) is 16.6. The van der Waals surface area contributed by atoms with Crippen LogP contribution in [-0.2, 0) is 9.59 Å². The molecule has 0 aromatic heterocycles. The molecular weight excluding hydrogens is 314 g/mol. The van der Waals surface area contributed by atoms with Crippen LogP contribution in [0.1, 0.15) is 44.2 Å². The van der Waals surface area contributed by atoms with Crippen molar-refractivity contribution in [3.05, 3.63) is 35.9 Å². The van der Waals surface area contributed by atoms with Crippen molar-refractivity contribution in [2.75, 3.05) is 19.6 Å². The van der Waals surface area contributed by atoms with E-state index in [2.05, 4.69) is 12.2 Å². The van der Waals surface area contributed by atoms with Crippen LogP contribution in [0.25, 0.3) is 0 Å². The van der Waals surface area contributed by atoms with Gasteiger partial charge in [0.2, 0.25) is 11.8 Å². The minimum atomic E-state index is -0.185. The van der Waals surface area contributed by atoms with E-state index in [-0.39, 0.29) is 23.8 Å². The highest BCUT2D eigenvalue weighted by atomic mass is 16.2. The van der Waals surface area contributed by atoms with E-state index in [1.54, 1.807) is 0 Å². The molecular formula is C20H27N3O2. The van der Waals surface area contributed by atoms with E-state index in [0.717, 1.165) is 31.5 Å². The highest BCUT2D eigenvalue weighted by Crippen LogP contribution is 2.30. The Balaban J connectivity index is 1.42. The SMILES string of the molecule is CC(c1ccccc1)N1CC(C(=O)N2CCC3CCC(C2)N3)CC1=O. The van der Waals surface area contributed by atoms with Crippen molar-refractivity contribution < 1.29 is 9.59 Å². The number of rotatable bonds is 3. The van der Waals surface area contributed by atoms with Crippen LogP contribution in [0.2, 0.25) is 0 Å². The summed E-state index contributed by atoms with van der Waals surface area (Å²) in [6, 6.07) is 11.1. The number of likely N-dealkylation sites (tertiary alicyclic amines) is 2. The summed E-state index contributed by atoms with van der Waals surface area (Å²) in [6.07, 6.45) is 3.78. The number of hydrogen-bond donors (Lipinski definition) is 1. The number of amides is 2. The summed E-state index contributed by atoms with van der Waals surface area (Å²) < 4.78 is 0. The molecule has 3 aliphatic rings. The molecule has 134 valence electrons. The van der Waals surface area contributed by atoms with Gasteiger partial charge in [0.05, 0.1) is 12.0 Å². The zero-order valence-electron chi connectivity index (χ0n) is 14.9. The number of carbonyl (C=O) groups is 2. The maximum Gasteiger partial charge on any atom is 0.228 e. The number of fused-ring (bicyclic) bond motifs is 2. The van der Waals surface area contributed by atoms with Crippen LogP contribution in [0.4, 0.5) is 0 Å². The molecule has 4 atom stereocenters. The summed E-state index contributed by atoms with van der Waals surface area (Å²) in [4.78, 5) is 29.4. The summed E-state index contributed by atoms with van der Waals surface area (Å²) in [7, 11) is 0. The molecule has 1 N–H and O–H groups in total. The van der Waals surface area contributed by atoms with E-state index in [0.29, 0.717) is 25.0 Å². The second kappa shape index (κ2) is 6.79. The van der Waals surface area contributed by atoms with Gasteiger partial charge in [-0.3, -0.25) is 9.59 Å². The van der Waals surface area contributed by atoms with Gasteiger partial charge in [0.1, 0.15) is 0 Å². The third kappa shape index (κ3) is 3.30. The minimum Gasteiger partial charge on any atom is -0.341 e. The van der Waals surface area contributed by atoms with Gasteiger partial charge >= 0.3 is 0 Å². The van der Waals surface area contributed by atoms with Crippen LogP contribution >= 0.6 is 0 Å². The highest BCUT2D eigenvalue weighted by Gasteiger charge is 2.40. The lowest BCUT2D eigenvalue weighted by molar-refractivity contribution is -0.136. The average Bonchev–Trinajstić information content (AvgIpc) is 3.17. The summed E-state index contributed by atoms with van der Waals surface area (Å²) in [5.41, 5.74) is 1.13. The highest BCUT2D eigenvalue weighted by molar-refractivity contribution is 5.89. The molecule has 0 radical (unpaired) electrons. The van der Waals surface area contributed by atoms with Gasteiger partial charge < -0.3 is 15.1 Å². The average molecular weight is 341 g/mol. The second-order valence-electron chi connectivity index (χ2n) is 7.74. The molecule has 0 saturated carbocycles. The predicted octanol–water partition coefficient (Wildman–Crippen LogP) is 1.95. The molecule has 4 rings (SSSR count). The topological polar surface area (TPSA) is 52.7 Å². The maximum absolute atomic E-state index is 13.0. The Kier molecular flexibility index (Phi) is 4.50. The molecule has 25 heavy (non-hydrogen) atoms. The third-order valence-electron chi connectivity index (χ3n) is 6.09. The van der Waals surface area contributed by atoms with Crippen LogP contribution < -0.4 is 5.32 Å². The van der Waals surface area contributed by atoms with Crippen LogP contribution in [0.3, 0.4) is 0 Å². The Morgan fingerprint density at radius 2 is 1.88 bits per heavy atom. The van der Waals surface area contributed by atoms with Gasteiger partial charge in [-0.15, -0.1) is 0 Å². The first-order chi connectivity index (χ1) is 12.1. The second-order valence-corrected chi connectivity index (χ2v) is 7.74. The lowest BCUT2D eigenvalue weighted by Crippen LogP contribution is -2.42. The lowest BCUT2D eigenvalue weighted by atomic mass is 10.0. The quantitative estimate of drug-likeness (QED) is 0.914. The first-order valence-corrected chi connectivity index (χ1v) is 9.51. The molecule has 1 aromatic rings. The monoisotopic (exact) mass is 341 g/mol. The third-order valence-corrected chi connectivity index (χ3v) is 6.09. The van der Waals surface area contributed by atoms with E-state index in [9.17, 15) is 9.59 Å². The van der Waals surface area contributed by atoms with E-state index in [1.807, 2.05) is 40.1 Å². The van der Waals surface area contributed by atoms with Crippen LogP contribution in [0.15, 0.2) is 30.3 Å². The smallest absolute Gasteiger partial charge is 0.228 e. The van der Waals surface area contributed by atoms with Crippen molar-refractivity contribution in [1.29, 1.82) is 0 Å². The molecule has 3 fully saturated rings. The fourth-order valence-corrected chi connectivity index (χ4v) is 4.58. The molecule has 3 aliphatic heterocycles. The fraction of sp³-hybridized carbons (Fsp3) is 0.600. The molecule has 5 nitrogen and oxygen atoms in total. The zero-order valence-corrected chi connectivity index (χ0v) is 14.9. The van der Waals surface area contributed by atoms with E-state index < -0.39 is 0 Å². The summed E-state index contributed by atoms with van der Waals surface area (Å²) in [5, 5.41) is 3.61. The van der Waals surface area contributed by atoms with Crippen molar-refractivity contribution in [1.82, 2.24) is 15.1 Å². The number of carbonyl (C=O) groups excluding carboxylic acids is 2. The lowest BCUT2D eigenvalue weighted by Gasteiger charge is -2.28. The normalized spacial score (nSPS) is 30.4. The zero-order chi connectivity index (χ0) is 17.4. The Labute approximate surface area is 149 Å². The number of hydrogen-bond acceptors (Lipinski definition) is 3. The number of nitrogens with zero attached hydrogens (tertiary/aromatic N) is 2. The summed E-state index contributed by atoms with van der Waals surface area (Å²) in [6.45, 7) is 4.22. The summed E-state index contributed by atoms with van der Waals surface area (Å²) >= 11 is 0. The molecule has 3 heterocycles.